The van der Waals surface area contributed by atoms with Gasteiger partial charge in [0.25, 0.3) is 0 Å². The molecule has 3 rings (SSSR count). The molecular formula is C17H23ClF2N2O. The van der Waals surface area contributed by atoms with Crippen LogP contribution in [0.3, 0.4) is 0 Å². The third-order valence-electron chi connectivity index (χ3n) is 5.14. The lowest BCUT2D eigenvalue weighted by molar-refractivity contribution is -0.139. The molecule has 0 radical (unpaired) electrons. The van der Waals surface area contributed by atoms with Gasteiger partial charge >= 0.3 is 0 Å². The fourth-order valence-electron chi connectivity index (χ4n) is 3.97. The fourth-order valence-corrected chi connectivity index (χ4v) is 3.97. The second-order valence-electron chi connectivity index (χ2n) is 6.71. The molecule has 1 amide bonds. The van der Waals surface area contributed by atoms with Crippen molar-refractivity contribution in [1.82, 2.24) is 10.2 Å². The quantitative estimate of drug-likeness (QED) is 0.894. The maximum Gasteiger partial charge on any atom is 0.229 e. The van der Waals surface area contributed by atoms with Crippen molar-refractivity contribution in [2.24, 2.45) is 5.41 Å². The number of rotatable bonds is 2. The highest BCUT2D eigenvalue weighted by atomic mass is 35.5. The summed E-state index contributed by atoms with van der Waals surface area (Å²) in [7, 11) is 0. The first-order valence-electron chi connectivity index (χ1n) is 7.92. The van der Waals surface area contributed by atoms with Gasteiger partial charge in [0.15, 0.2) is 0 Å². The Kier molecular flexibility index (Phi) is 5.31. The third kappa shape index (κ3) is 3.09. The van der Waals surface area contributed by atoms with E-state index in [2.05, 4.69) is 5.32 Å². The Labute approximate surface area is 141 Å². The summed E-state index contributed by atoms with van der Waals surface area (Å²) in [4.78, 5) is 14.8. The van der Waals surface area contributed by atoms with Crippen LogP contribution in [0.15, 0.2) is 18.2 Å². The van der Waals surface area contributed by atoms with Gasteiger partial charge in [-0.1, -0.05) is 0 Å². The number of nitrogens with one attached hydrogen (secondary N) is 1. The molecule has 2 aliphatic heterocycles. The number of amides is 1. The first-order chi connectivity index (χ1) is 10.4. The van der Waals surface area contributed by atoms with E-state index in [1.807, 2.05) is 18.7 Å². The van der Waals surface area contributed by atoms with E-state index in [1.54, 1.807) is 0 Å². The van der Waals surface area contributed by atoms with Crippen LogP contribution in [-0.2, 0) is 4.79 Å². The summed E-state index contributed by atoms with van der Waals surface area (Å²) in [6, 6.07) is 3.75. The van der Waals surface area contributed by atoms with E-state index >= 15 is 0 Å². The molecule has 2 aliphatic rings. The van der Waals surface area contributed by atoms with Gasteiger partial charge in [-0.15, -0.1) is 12.4 Å². The van der Waals surface area contributed by atoms with Crippen molar-refractivity contribution in [3.05, 3.63) is 35.4 Å². The maximum atomic E-state index is 13.6. The second-order valence-corrected chi connectivity index (χ2v) is 6.71. The number of hydrogen-bond acceptors (Lipinski definition) is 2. The lowest BCUT2D eigenvalue weighted by atomic mass is 9.68. The van der Waals surface area contributed by atoms with E-state index in [0.717, 1.165) is 32.0 Å². The van der Waals surface area contributed by atoms with Crippen LogP contribution in [0.2, 0.25) is 0 Å². The van der Waals surface area contributed by atoms with Gasteiger partial charge in [0.05, 0.1) is 5.41 Å². The Morgan fingerprint density at radius 2 is 1.74 bits per heavy atom. The molecular weight excluding hydrogens is 322 g/mol. The monoisotopic (exact) mass is 344 g/mol. The smallest absolute Gasteiger partial charge is 0.229 e. The Bertz CT molecular complexity index is 568. The highest BCUT2D eigenvalue weighted by Crippen LogP contribution is 2.50. The van der Waals surface area contributed by atoms with Gasteiger partial charge in [-0.25, -0.2) is 8.78 Å². The zero-order chi connectivity index (χ0) is 15.9. The zero-order valence-electron chi connectivity index (χ0n) is 13.4. The van der Waals surface area contributed by atoms with Crippen molar-refractivity contribution in [2.75, 3.05) is 19.6 Å². The number of likely N-dealkylation sites (tertiary alicyclic amines) is 1. The molecule has 1 aromatic rings. The lowest BCUT2D eigenvalue weighted by Crippen LogP contribution is -2.45. The van der Waals surface area contributed by atoms with Crippen LogP contribution in [0, 0.1) is 17.0 Å². The second kappa shape index (κ2) is 6.73. The van der Waals surface area contributed by atoms with Crippen molar-refractivity contribution >= 4 is 18.3 Å². The summed E-state index contributed by atoms with van der Waals surface area (Å²) in [5.74, 6) is -1.16. The summed E-state index contributed by atoms with van der Waals surface area (Å²) in [5.41, 5.74) is 0.0892. The molecule has 23 heavy (non-hydrogen) atoms. The molecule has 2 heterocycles. The first-order valence-corrected chi connectivity index (χ1v) is 7.92. The molecule has 0 aliphatic carbocycles. The van der Waals surface area contributed by atoms with E-state index in [-0.39, 0.29) is 30.3 Å². The Morgan fingerprint density at radius 3 is 2.26 bits per heavy atom. The number of benzene rings is 1. The Hall–Kier alpha value is -1.20. The van der Waals surface area contributed by atoms with Gasteiger partial charge < -0.3 is 10.2 Å². The third-order valence-corrected chi connectivity index (χ3v) is 5.14. The van der Waals surface area contributed by atoms with Gasteiger partial charge in [0, 0.05) is 24.6 Å². The number of hydrogen-bond donors (Lipinski definition) is 1. The van der Waals surface area contributed by atoms with Gasteiger partial charge in [-0.3, -0.25) is 4.79 Å². The van der Waals surface area contributed by atoms with Crippen LogP contribution in [-0.4, -0.2) is 36.5 Å². The fraction of sp³-hybridized carbons (Fsp3) is 0.588. The predicted molar refractivity (Wildman–Crippen MR) is 87.7 cm³/mol. The standard InChI is InChI=1S/C17H22F2N2O.ClH/c1-11(2)21-10-15(12-7-13(18)9-14(19)8-12)17(16(21)22)3-5-20-6-4-17;/h7-9,11,15,20H,3-6,10H2,1-2H3;1H. The van der Waals surface area contributed by atoms with Crippen LogP contribution in [0.25, 0.3) is 0 Å². The van der Waals surface area contributed by atoms with E-state index < -0.39 is 17.0 Å². The number of nitrogens with zero attached hydrogens (tertiary/aromatic N) is 1. The van der Waals surface area contributed by atoms with Gasteiger partial charge in [-0.05, 0) is 57.5 Å². The molecule has 0 saturated carbocycles. The van der Waals surface area contributed by atoms with E-state index in [0.29, 0.717) is 12.1 Å². The Balaban J connectivity index is 0.00000192. The minimum absolute atomic E-state index is 0. The normalized spacial score (nSPS) is 23.4. The minimum Gasteiger partial charge on any atom is -0.339 e. The molecule has 1 spiro atoms. The molecule has 0 bridgehead atoms. The molecule has 1 N–H and O–H groups in total. The predicted octanol–water partition coefficient (Wildman–Crippen LogP) is 3.09. The largest absolute Gasteiger partial charge is 0.339 e. The topological polar surface area (TPSA) is 32.3 Å². The molecule has 0 aromatic heterocycles. The molecule has 1 atom stereocenters. The van der Waals surface area contributed by atoms with Crippen molar-refractivity contribution in [3.8, 4) is 0 Å². The number of piperidine rings is 1. The summed E-state index contributed by atoms with van der Waals surface area (Å²) in [6.07, 6.45) is 1.44. The van der Waals surface area contributed by atoms with Gasteiger partial charge in [0.1, 0.15) is 11.6 Å². The number of carbonyl (C=O) groups excluding carboxylic acids is 1. The first kappa shape index (κ1) is 18.1. The molecule has 128 valence electrons. The summed E-state index contributed by atoms with van der Waals surface area (Å²) in [5, 5.41) is 3.28. The van der Waals surface area contributed by atoms with Crippen LogP contribution in [0.5, 0.6) is 0 Å². The number of halogens is 3. The molecule has 3 nitrogen and oxygen atoms in total. The van der Waals surface area contributed by atoms with Crippen LogP contribution >= 0.6 is 12.4 Å². The average Bonchev–Trinajstić information content (AvgIpc) is 2.73. The highest BCUT2D eigenvalue weighted by molar-refractivity contribution is 5.87. The van der Waals surface area contributed by atoms with Crippen molar-refractivity contribution in [1.29, 1.82) is 0 Å². The van der Waals surface area contributed by atoms with E-state index in [1.165, 1.54) is 12.1 Å². The molecule has 1 unspecified atom stereocenters. The lowest BCUT2D eigenvalue weighted by Gasteiger charge is -2.37. The van der Waals surface area contributed by atoms with E-state index in [9.17, 15) is 13.6 Å². The highest BCUT2D eigenvalue weighted by Gasteiger charge is 2.54. The zero-order valence-corrected chi connectivity index (χ0v) is 14.3. The van der Waals surface area contributed by atoms with Crippen LogP contribution in [0.1, 0.15) is 38.2 Å². The molecule has 1 aromatic carbocycles. The SMILES string of the molecule is CC(C)N1CC(c2cc(F)cc(F)c2)C2(CCNCC2)C1=O.Cl. The van der Waals surface area contributed by atoms with Crippen LogP contribution < -0.4 is 5.32 Å². The van der Waals surface area contributed by atoms with Crippen molar-refractivity contribution in [3.63, 3.8) is 0 Å². The summed E-state index contributed by atoms with van der Waals surface area (Å²) >= 11 is 0. The van der Waals surface area contributed by atoms with Crippen LogP contribution in [0.4, 0.5) is 8.78 Å². The molecule has 2 saturated heterocycles. The summed E-state index contributed by atoms with van der Waals surface area (Å²) < 4.78 is 27.3. The Morgan fingerprint density at radius 1 is 1.17 bits per heavy atom. The molecule has 2 fully saturated rings. The van der Waals surface area contributed by atoms with Gasteiger partial charge in [0.2, 0.25) is 5.91 Å². The minimum atomic E-state index is -0.575. The van der Waals surface area contributed by atoms with Crippen molar-refractivity contribution < 1.29 is 13.6 Å². The van der Waals surface area contributed by atoms with E-state index in [4.69, 9.17) is 0 Å². The molecule has 6 heteroatoms. The summed E-state index contributed by atoms with van der Waals surface area (Å²) in [6.45, 7) is 6.06. The van der Waals surface area contributed by atoms with Gasteiger partial charge in [-0.2, -0.15) is 0 Å². The maximum absolute atomic E-state index is 13.6. The number of carbonyl (C=O) groups is 1. The average molecular weight is 345 g/mol. The van der Waals surface area contributed by atoms with Crippen molar-refractivity contribution in [2.45, 2.75) is 38.6 Å².